The number of carbonyl (C=O) groups excluding carboxylic acids is 1. The number of rotatable bonds is 5. The number of nitrogens with zero attached hydrogens (tertiary/aromatic N) is 4. The normalized spacial score (nSPS) is 25.6. The Kier molecular flexibility index (Phi) is 3.38. The summed E-state index contributed by atoms with van der Waals surface area (Å²) in [5.74, 6) is 1.75. The lowest BCUT2D eigenvalue weighted by Crippen LogP contribution is -2.34. The second kappa shape index (κ2) is 5.65. The first-order valence-electron chi connectivity index (χ1n) is 9.29. The van der Waals surface area contributed by atoms with Gasteiger partial charge in [-0.3, -0.25) is 9.48 Å². The molecule has 0 saturated heterocycles. The van der Waals surface area contributed by atoms with Crippen molar-refractivity contribution in [3.8, 4) is 0 Å². The molecule has 3 aliphatic rings. The number of carbonyl (C=O) groups is 1. The van der Waals surface area contributed by atoms with Gasteiger partial charge in [-0.2, -0.15) is 5.10 Å². The van der Waals surface area contributed by atoms with Crippen LogP contribution in [0.4, 0.5) is 11.6 Å². The lowest BCUT2D eigenvalue weighted by Gasteiger charge is -2.19. The van der Waals surface area contributed by atoms with Gasteiger partial charge in [-0.25, -0.2) is 9.97 Å². The maximum Gasteiger partial charge on any atom is 0.245 e. The number of nitrogens with one attached hydrogen (secondary N) is 1. The lowest BCUT2D eigenvalue weighted by atomic mass is 9.88. The van der Waals surface area contributed by atoms with Gasteiger partial charge >= 0.3 is 0 Å². The molecular weight excluding hydrogens is 328 g/mol. The van der Waals surface area contributed by atoms with Crippen LogP contribution in [0, 0.1) is 11.8 Å². The van der Waals surface area contributed by atoms with Gasteiger partial charge in [-0.15, -0.1) is 0 Å². The zero-order valence-corrected chi connectivity index (χ0v) is 14.6. The first-order valence-corrected chi connectivity index (χ1v) is 9.29. The van der Waals surface area contributed by atoms with Crippen LogP contribution in [0.15, 0.2) is 30.7 Å². The fourth-order valence-electron chi connectivity index (χ4n) is 4.36. The van der Waals surface area contributed by atoms with Crippen molar-refractivity contribution in [3.63, 3.8) is 0 Å². The molecule has 2 saturated carbocycles. The molecule has 134 valence electrons. The average molecular weight is 350 g/mol. The number of amides is 1. The van der Waals surface area contributed by atoms with Crippen LogP contribution >= 0.6 is 0 Å². The highest BCUT2D eigenvalue weighted by Crippen LogP contribution is 2.44. The van der Waals surface area contributed by atoms with Gasteiger partial charge in [0.2, 0.25) is 11.9 Å². The summed E-state index contributed by atoms with van der Waals surface area (Å²) >= 11 is 0. The molecule has 2 heterocycles. The Morgan fingerprint density at radius 2 is 2.23 bits per heavy atom. The Morgan fingerprint density at radius 3 is 3.00 bits per heavy atom. The standard InChI is InChI=1S/C19H22N6O/c20-17(26)19(4-5-19)25-11-15(10-22-25)23-18-21-6-3-16(24-18)14-8-12-1-2-13(7-12)9-14/h3,6,8,10-13H,1-2,4-5,7,9H2,(H2,20,26)(H,21,23,24). The van der Waals surface area contributed by atoms with E-state index in [-0.39, 0.29) is 5.91 Å². The smallest absolute Gasteiger partial charge is 0.245 e. The number of allylic oxidation sites excluding steroid dienone is 2. The molecule has 0 aromatic carbocycles. The minimum Gasteiger partial charge on any atom is -0.368 e. The SMILES string of the molecule is NC(=O)C1(n2cc(Nc3nccc(C4=CC5CCC(C4)C5)n3)cn2)CC1. The van der Waals surface area contributed by atoms with E-state index in [2.05, 4.69) is 21.5 Å². The molecule has 2 atom stereocenters. The largest absolute Gasteiger partial charge is 0.368 e. The molecule has 2 aromatic heterocycles. The Morgan fingerprint density at radius 1 is 1.35 bits per heavy atom. The molecule has 3 N–H and O–H groups in total. The quantitative estimate of drug-likeness (QED) is 0.863. The summed E-state index contributed by atoms with van der Waals surface area (Å²) < 4.78 is 1.66. The summed E-state index contributed by atoms with van der Waals surface area (Å²) in [6, 6.07) is 1.98. The van der Waals surface area contributed by atoms with E-state index < -0.39 is 5.54 Å². The van der Waals surface area contributed by atoms with Gasteiger partial charge in [0.1, 0.15) is 5.54 Å². The van der Waals surface area contributed by atoms with Crippen molar-refractivity contribution in [2.45, 2.75) is 44.1 Å². The summed E-state index contributed by atoms with van der Waals surface area (Å²) in [6.07, 6.45) is 14.2. The van der Waals surface area contributed by atoms with Crippen molar-refractivity contribution in [1.82, 2.24) is 19.7 Å². The number of aromatic nitrogens is 4. The van der Waals surface area contributed by atoms with E-state index in [4.69, 9.17) is 10.7 Å². The zero-order valence-electron chi connectivity index (χ0n) is 14.6. The number of hydrogen-bond donors (Lipinski definition) is 2. The number of anilines is 2. The van der Waals surface area contributed by atoms with Gasteiger partial charge in [-0.05, 0) is 62.0 Å². The first kappa shape index (κ1) is 15.5. The summed E-state index contributed by atoms with van der Waals surface area (Å²) in [7, 11) is 0. The highest BCUT2D eigenvalue weighted by atomic mass is 16.2. The van der Waals surface area contributed by atoms with E-state index in [0.717, 1.165) is 42.5 Å². The Hall–Kier alpha value is -2.70. The Balaban J connectivity index is 1.36. The third kappa shape index (κ3) is 2.58. The average Bonchev–Trinajstić information content (AvgIpc) is 3.23. The summed E-state index contributed by atoms with van der Waals surface area (Å²) in [6.45, 7) is 0. The molecule has 1 amide bonds. The molecule has 3 aliphatic carbocycles. The second-order valence-electron chi connectivity index (χ2n) is 7.80. The Labute approximate surface area is 151 Å². The second-order valence-corrected chi connectivity index (χ2v) is 7.80. The summed E-state index contributed by atoms with van der Waals surface area (Å²) in [4.78, 5) is 20.7. The van der Waals surface area contributed by atoms with E-state index >= 15 is 0 Å². The third-order valence-electron chi connectivity index (χ3n) is 5.97. The highest BCUT2D eigenvalue weighted by molar-refractivity contribution is 5.85. The fraction of sp³-hybridized carbons (Fsp3) is 0.474. The van der Waals surface area contributed by atoms with Crippen molar-refractivity contribution in [3.05, 3.63) is 36.4 Å². The summed E-state index contributed by atoms with van der Waals surface area (Å²) in [5.41, 5.74) is 7.96. The highest BCUT2D eigenvalue weighted by Gasteiger charge is 2.51. The molecule has 7 heteroatoms. The maximum atomic E-state index is 11.6. The van der Waals surface area contributed by atoms with Crippen molar-refractivity contribution < 1.29 is 4.79 Å². The van der Waals surface area contributed by atoms with Crippen LogP contribution in [-0.4, -0.2) is 25.7 Å². The molecule has 0 aliphatic heterocycles. The molecule has 2 unspecified atom stereocenters. The van der Waals surface area contributed by atoms with E-state index in [1.165, 1.54) is 24.8 Å². The minimum atomic E-state index is -0.644. The van der Waals surface area contributed by atoms with Gasteiger partial charge < -0.3 is 11.1 Å². The minimum absolute atomic E-state index is 0.329. The van der Waals surface area contributed by atoms with Gasteiger partial charge in [0.15, 0.2) is 0 Å². The third-order valence-corrected chi connectivity index (χ3v) is 5.97. The maximum absolute atomic E-state index is 11.6. The van der Waals surface area contributed by atoms with Crippen molar-refractivity contribution in [1.29, 1.82) is 0 Å². The van der Waals surface area contributed by atoms with Crippen LogP contribution in [-0.2, 0) is 10.3 Å². The summed E-state index contributed by atoms with van der Waals surface area (Å²) in [5, 5.41) is 7.49. The van der Waals surface area contributed by atoms with Crippen LogP contribution in [0.5, 0.6) is 0 Å². The molecule has 7 nitrogen and oxygen atoms in total. The van der Waals surface area contributed by atoms with Gasteiger partial charge in [0.05, 0.1) is 17.6 Å². The van der Waals surface area contributed by atoms with Crippen LogP contribution in [0.3, 0.4) is 0 Å². The van der Waals surface area contributed by atoms with Crippen molar-refractivity contribution in [2.75, 3.05) is 5.32 Å². The molecule has 5 rings (SSSR count). The van der Waals surface area contributed by atoms with Crippen LogP contribution in [0.2, 0.25) is 0 Å². The van der Waals surface area contributed by atoms with Crippen molar-refractivity contribution in [2.24, 2.45) is 17.6 Å². The predicted molar refractivity (Wildman–Crippen MR) is 97.4 cm³/mol. The van der Waals surface area contributed by atoms with Gasteiger partial charge in [0, 0.05) is 12.4 Å². The molecule has 2 aromatic rings. The number of hydrogen-bond acceptors (Lipinski definition) is 5. The molecular formula is C19H22N6O. The molecule has 2 bridgehead atoms. The topological polar surface area (TPSA) is 98.7 Å². The van der Waals surface area contributed by atoms with Crippen LogP contribution in [0.25, 0.3) is 5.57 Å². The number of primary amides is 1. The van der Waals surface area contributed by atoms with E-state index in [1.54, 1.807) is 23.3 Å². The molecule has 2 fully saturated rings. The number of nitrogens with two attached hydrogens (primary N) is 1. The molecule has 0 radical (unpaired) electrons. The molecule has 26 heavy (non-hydrogen) atoms. The van der Waals surface area contributed by atoms with E-state index in [1.807, 2.05) is 6.07 Å². The zero-order chi connectivity index (χ0) is 17.7. The first-order chi connectivity index (χ1) is 12.6. The lowest BCUT2D eigenvalue weighted by molar-refractivity contribution is -0.122. The van der Waals surface area contributed by atoms with Gasteiger partial charge in [-0.1, -0.05) is 6.08 Å². The van der Waals surface area contributed by atoms with Crippen LogP contribution in [0.1, 0.15) is 44.2 Å². The van der Waals surface area contributed by atoms with Crippen LogP contribution < -0.4 is 11.1 Å². The van der Waals surface area contributed by atoms with E-state index in [0.29, 0.717) is 5.95 Å². The Bertz CT molecular complexity index is 897. The monoisotopic (exact) mass is 350 g/mol. The van der Waals surface area contributed by atoms with Gasteiger partial charge in [0.25, 0.3) is 0 Å². The molecule has 0 spiro atoms. The number of fused-ring (bicyclic) bond motifs is 2. The fourth-order valence-corrected chi connectivity index (χ4v) is 4.36. The van der Waals surface area contributed by atoms with Crippen molar-refractivity contribution >= 4 is 23.1 Å². The van der Waals surface area contributed by atoms with E-state index in [9.17, 15) is 4.79 Å². The predicted octanol–water partition coefficient (Wildman–Crippen LogP) is 2.59.